The number of amides is 1. The Morgan fingerprint density at radius 1 is 1.41 bits per heavy atom. The number of carbonyl (C=O) groups is 2. The molecule has 4 nitrogen and oxygen atoms in total. The number of carbonyl (C=O) groups excluding carboxylic acids is 1. The minimum Gasteiger partial charge on any atom is -0.480 e. The predicted octanol–water partition coefficient (Wildman–Crippen LogP) is 2.27. The molecule has 4 heteroatoms. The van der Waals surface area contributed by atoms with E-state index in [-0.39, 0.29) is 12.5 Å². The van der Waals surface area contributed by atoms with E-state index in [0.29, 0.717) is 6.42 Å². The first-order valence-electron chi connectivity index (χ1n) is 5.88. The van der Waals surface area contributed by atoms with Crippen LogP contribution in [-0.4, -0.2) is 23.5 Å². The van der Waals surface area contributed by atoms with Gasteiger partial charge in [-0.3, -0.25) is 9.59 Å². The molecule has 0 radical (unpaired) electrons. The Kier molecular flexibility index (Phi) is 8.74. The summed E-state index contributed by atoms with van der Waals surface area (Å²) in [6.07, 6.45) is 10.3. The Morgan fingerprint density at radius 3 is 2.47 bits per heavy atom. The lowest BCUT2D eigenvalue weighted by atomic mass is 10.1. The van der Waals surface area contributed by atoms with Gasteiger partial charge < -0.3 is 10.4 Å². The number of hydrogen-bond acceptors (Lipinski definition) is 2. The molecule has 96 valence electrons. The molecule has 1 amide bonds. The van der Waals surface area contributed by atoms with Crippen LogP contribution in [-0.2, 0) is 9.59 Å². The van der Waals surface area contributed by atoms with Crippen LogP contribution in [0.25, 0.3) is 0 Å². The summed E-state index contributed by atoms with van der Waals surface area (Å²) < 4.78 is 0. The van der Waals surface area contributed by atoms with Crippen molar-refractivity contribution in [1.82, 2.24) is 5.32 Å². The second kappa shape index (κ2) is 9.63. The van der Waals surface area contributed by atoms with Crippen LogP contribution in [0.1, 0.15) is 39.5 Å². The Morgan fingerprint density at radius 2 is 2.12 bits per heavy atom. The number of nitrogens with one attached hydrogen (secondary N) is 1. The van der Waals surface area contributed by atoms with Gasteiger partial charge in [0.05, 0.1) is 0 Å². The Balaban J connectivity index is 0.000000318. The topological polar surface area (TPSA) is 66.4 Å². The Bertz CT molecular complexity index is 306. The van der Waals surface area contributed by atoms with E-state index in [1.807, 2.05) is 6.92 Å². The van der Waals surface area contributed by atoms with E-state index in [9.17, 15) is 9.59 Å². The van der Waals surface area contributed by atoms with E-state index in [2.05, 4.69) is 30.5 Å². The van der Waals surface area contributed by atoms with Crippen molar-refractivity contribution in [2.24, 2.45) is 0 Å². The summed E-state index contributed by atoms with van der Waals surface area (Å²) in [5, 5.41) is 10.4. The van der Waals surface area contributed by atoms with Gasteiger partial charge in [-0.2, -0.15) is 0 Å². The highest BCUT2D eigenvalue weighted by Crippen LogP contribution is 2.06. The van der Waals surface area contributed by atoms with Crippen molar-refractivity contribution in [2.45, 2.75) is 39.5 Å². The zero-order chi connectivity index (χ0) is 13.1. The zero-order valence-corrected chi connectivity index (χ0v) is 10.5. The molecule has 1 aliphatic carbocycles. The predicted molar refractivity (Wildman–Crippen MR) is 67.7 cm³/mol. The average Bonchev–Trinajstić information content (AvgIpc) is 2.29. The van der Waals surface area contributed by atoms with Crippen LogP contribution in [0.5, 0.6) is 0 Å². The number of carboxylic acids is 1. The first kappa shape index (κ1) is 15.4. The fraction of sp³-hybridized carbons (Fsp3) is 0.538. The number of hydrogen-bond donors (Lipinski definition) is 2. The van der Waals surface area contributed by atoms with Crippen molar-refractivity contribution in [2.75, 3.05) is 6.54 Å². The van der Waals surface area contributed by atoms with E-state index < -0.39 is 5.97 Å². The summed E-state index contributed by atoms with van der Waals surface area (Å²) in [5.41, 5.74) is 1.41. The fourth-order valence-corrected chi connectivity index (χ4v) is 1.23. The summed E-state index contributed by atoms with van der Waals surface area (Å²) in [6, 6.07) is 0. The van der Waals surface area contributed by atoms with E-state index in [0.717, 1.165) is 6.42 Å². The highest BCUT2D eigenvalue weighted by Gasteiger charge is 2.00. The third-order valence-corrected chi connectivity index (χ3v) is 2.09. The molecule has 0 saturated carbocycles. The molecule has 0 aliphatic heterocycles. The Labute approximate surface area is 102 Å². The van der Waals surface area contributed by atoms with Crippen LogP contribution < -0.4 is 5.32 Å². The molecular weight excluding hydrogens is 218 g/mol. The van der Waals surface area contributed by atoms with Gasteiger partial charge in [0.2, 0.25) is 5.91 Å². The third kappa shape index (κ3) is 10.7. The molecule has 1 rings (SSSR count). The van der Waals surface area contributed by atoms with Gasteiger partial charge in [-0.25, -0.2) is 0 Å². The van der Waals surface area contributed by atoms with Crippen molar-refractivity contribution >= 4 is 11.9 Å². The van der Waals surface area contributed by atoms with Crippen LogP contribution >= 0.6 is 0 Å². The molecule has 0 heterocycles. The number of allylic oxidation sites excluding steroid dienone is 4. The minimum atomic E-state index is -1.01. The second-order valence-corrected chi connectivity index (χ2v) is 3.85. The van der Waals surface area contributed by atoms with Gasteiger partial charge in [0.15, 0.2) is 0 Å². The van der Waals surface area contributed by atoms with Crippen molar-refractivity contribution < 1.29 is 14.7 Å². The first-order valence-corrected chi connectivity index (χ1v) is 5.88. The van der Waals surface area contributed by atoms with Crippen molar-refractivity contribution in [3.8, 4) is 0 Å². The first-order chi connectivity index (χ1) is 8.06. The lowest BCUT2D eigenvalue weighted by Crippen LogP contribution is -2.28. The third-order valence-electron chi connectivity index (χ3n) is 2.09. The van der Waals surface area contributed by atoms with E-state index in [4.69, 9.17) is 5.11 Å². The SMILES string of the molecule is CC1=CCCC=C1.CCCC(=O)NCC(=O)O. The van der Waals surface area contributed by atoms with Gasteiger partial charge in [0, 0.05) is 6.42 Å². The molecule has 0 aromatic carbocycles. The lowest BCUT2D eigenvalue weighted by molar-refractivity contribution is -0.137. The van der Waals surface area contributed by atoms with Crippen LogP contribution in [0, 0.1) is 0 Å². The van der Waals surface area contributed by atoms with Gasteiger partial charge >= 0.3 is 5.97 Å². The molecule has 0 unspecified atom stereocenters. The lowest BCUT2D eigenvalue weighted by Gasteiger charge is -1.97. The maximum atomic E-state index is 10.6. The van der Waals surface area contributed by atoms with E-state index >= 15 is 0 Å². The molecule has 0 spiro atoms. The van der Waals surface area contributed by atoms with Gasteiger partial charge in [-0.1, -0.05) is 30.7 Å². The Hall–Kier alpha value is -1.58. The molecule has 2 N–H and O–H groups in total. The average molecular weight is 239 g/mol. The van der Waals surface area contributed by atoms with Crippen molar-refractivity contribution in [3.05, 3.63) is 23.8 Å². The molecule has 0 fully saturated rings. The summed E-state index contributed by atoms with van der Waals surface area (Å²) in [7, 11) is 0. The summed E-state index contributed by atoms with van der Waals surface area (Å²) in [4.78, 5) is 20.5. The summed E-state index contributed by atoms with van der Waals surface area (Å²) >= 11 is 0. The molecule has 0 bridgehead atoms. The normalized spacial score (nSPS) is 13.2. The molecule has 0 atom stereocenters. The molecule has 0 saturated heterocycles. The minimum absolute atomic E-state index is 0.204. The second-order valence-electron chi connectivity index (χ2n) is 3.85. The standard InChI is InChI=1S/C7H10.C6H11NO3/c1-7-5-3-2-4-6-7;1-2-3-5(8)7-4-6(9)10/h3,5-6H,2,4H2,1H3;2-4H2,1H3,(H,7,8)(H,9,10). The fourth-order valence-electron chi connectivity index (χ4n) is 1.23. The van der Waals surface area contributed by atoms with Crippen LogP contribution in [0.2, 0.25) is 0 Å². The van der Waals surface area contributed by atoms with Crippen LogP contribution in [0.4, 0.5) is 0 Å². The molecular formula is C13H21NO3. The quantitative estimate of drug-likeness (QED) is 0.790. The molecule has 17 heavy (non-hydrogen) atoms. The number of carboxylic acid groups (broad SMARTS) is 1. The van der Waals surface area contributed by atoms with Gasteiger partial charge in [0.1, 0.15) is 6.54 Å². The maximum absolute atomic E-state index is 10.6. The highest BCUT2D eigenvalue weighted by molar-refractivity contribution is 5.80. The van der Waals surface area contributed by atoms with E-state index in [1.54, 1.807) is 0 Å². The van der Waals surface area contributed by atoms with Crippen molar-refractivity contribution in [1.29, 1.82) is 0 Å². The summed E-state index contributed by atoms with van der Waals surface area (Å²) in [5.74, 6) is -1.21. The molecule has 1 aliphatic rings. The van der Waals surface area contributed by atoms with Gasteiger partial charge in [-0.15, -0.1) is 0 Å². The van der Waals surface area contributed by atoms with Gasteiger partial charge in [-0.05, 0) is 26.2 Å². The van der Waals surface area contributed by atoms with Crippen molar-refractivity contribution in [3.63, 3.8) is 0 Å². The monoisotopic (exact) mass is 239 g/mol. The van der Waals surface area contributed by atoms with Crippen LogP contribution in [0.3, 0.4) is 0 Å². The van der Waals surface area contributed by atoms with Crippen LogP contribution in [0.15, 0.2) is 23.8 Å². The smallest absolute Gasteiger partial charge is 0.322 e. The highest BCUT2D eigenvalue weighted by atomic mass is 16.4. The maximum Gasteiger partial charge on any atom is 0.322 e. The molecule has 0 aromatic rings. The summed E-state index contributed by atoms with van der Waals surface area (Å²) in [6.45, 7) is 3.72. The van der Waals surface area contributed by atoms with E-state index in [1.165, 1.54) is 18.4 Å². The molecule has 0 aromatic heterocycles. The largest absolute Gasteiger partial charge is 0.480 e. The number of aliphatic carboxylic acids is 1. The van der Waals surface area contributed by atoms with Gasteiger partial charge in [0.25, 0.3) is 0 Å². The zero-order valence-electron chi connectivity index (χ0n) is 10.5. The number of rotatable bonds is 4.